The molecule has 0 bridgehead atoms. The van der Waals surface area contributed by atoms with Crippen molar-refractivity contribution in [1.29, 1.82) is 0 Å². The van der Waals surface area contributed by atoms with Crippen molar-refractivity contribution in [2.45, 2.75) is 45.6 Å². The molecule has 1 aromatic heterocycles. The molecule has 134 valence electrons. The van der Waals surface area contributed by atoms with Crippen LogP contribution in [0.15, 0.2) is 35.2 Å². The number of fused-ring (bicyclic) bond motifs is 1. The smallest absolute Gasteiger partial charge is 0.334 e. The molecule has 0 aromatic carbocycles. The van der Waals surface area contributed by atoms with Crippen LogP contribution in [-0.4, -0.2) is 18.5 Å². The van der Waals surface area contributed by atoms with Crippen LogP contribution >= 0.6 is 0 Å². The van der Waals surface area contributed by atoms with Gasteiger partial charge in [0.15, 0.2) is 0 Å². The van der Waals surface area contributed by atoms with Gasteiger partial charge in [-0.3, -0.25) is 4.79 Å². The highest BCUT2D eigenvalue weighted by atomic mass is 16.5. The third kappa shape index (κ3) is 2.28. The molecule has 1 aliphatic carbocycles. The van der Waals surface area contributed by atoms with Gasteiger partial charge in [0.25, 0.3) is 0 Å². The topological polar surface area (TPSA) is 65.7 Å². The van der Waals surface area contributed by atoms with Crippen LogP contribution in [0.4, 0.5) is 0 Å². The number of carbonyl (C=O) groups excluding carboxylic acids is 2. The lowest BCUT2D eigenvalue weighted by Crippen LogP contribution is -2.50. The van der Waals surface area contributed by atoms with Crippen LogP contribution in [-0.2, 0) is 19.1 Å². The highest BCUT2D eigenvalue weighted by Gasteiger charge is 2.61. The van der Waals surface area contributed by atoms with E-state index in [9.17, 15) is 9.59 Å². The molecule has 5 nitrogen and oxygen atoms in total. The molecule has 0 N–H and O–H groups in total. The Hall–Kier alpha value is -2.04. The van der Waals surface area contributed by atoms with Gasteiger partial charge in [-0.2, -0.15) is 0 Å². The van der Waals surface area contributed by atoms with E-state index in [1.807, 2.05) is 13.0 Å². The largest absolute Gasteiger partial charge is 0.472 e. The summed E-state index contributed by atoms with van der Waals surface area (Å²) in [5, 5.41) is 0. The number of ether oxygens (including phenoxy) is 2. The minimum Gasteiger partial charge on any atom is -0.472 e. The van der Waals surface area contributed by atoms with Crippen LogP contribution in [0.3, 0.4) is 0 Å². The molecule has 0 radical (unpaired) electrons. The summed E-state index contributed by atoms with van der Waals surface area (Å²) in [5.41, 5.74) is 0.717. The lowest BCUT2D eigenvalue weighted by molar-refractivity contribution is -0.155. The molecule has 2 saturated heterocycles. The summed E-state index contributed by atoms with van der Waals surface area (Å²) in [6.45, 7) is 8.68. The molecule has 25 heavy (non-hydrogen) atoms. The van der Waals surface area contributed by atoms with Crippen LogP contribution in [0.5, 0.6) is 0 Å². The van der Waals surface area contributed by atoms with Crippen LogP contribution < -0.4 is 0 Å². The molecular formula is C20H24O5. The van der Waals surface area contributed by atoms with E-state index in [2.05, 4.69) is 13.5 Å². The number of furan rings is 1. The third-order valence-electron chi connectivity index (χ3n) is 6.92. The van der Waals surface area contributed by atoms with Gasteiger partial charge in [0.05, 0.1) is 24.5 Å². The van der Waals surface area contributed by atoms with E-state index in [1.54, 1.807) is 12.5 Å². The molecular weight excluding hydrogens is 320 g/mol. The van der Waals surface area contributed by atoms with E-state index in [0.29, 0.717) is 18.6 Å². The first kappa shape index (κ1) is 16.4. The molecule has 0 amide bonds. The van der Waals surface area contributed by atoms with Crippen molar-refractivity contribution >= 4 is 11.9 Å². The highest BCUT2D eigenvalue weighted by Crippen LogP contribution is 2.61. The zero-order valence-corrected chi connectivity index (χ0v) is 14.7. The van der Waals surface area contributed by atoms with Gasteiger partial charge in [0, 0.05) is 23.0 Å². The SMILES string of the molecule is C=C1C(=O)O[C@H](c2ccoc2)C[C@@H]1[C@@]1(C)CCC[C@]2(C)C(=O)OCC12. The maximum Gasteiger partial charge on any atom is 0.334 e. The summed E-state index contributed by atoms with van der Waals surface area (Å²) in [6, 6.07) is 1.83. The Balaban J connectivity index is 1.69. The number of esters is 2. The van der Waals surface area contributed by atoms with Gasteiger partial charge in [-0.1, -0.05) is 19.9 Å². The van der Waals surface area contributed by atoms with Gasteiger partial charge in [0.2, 0.25) is 0 Å². The first-order valence-electron chi connectivity index (χ1n) is 8.95. The Morgan fingerprint density at radius 1 is 1.24 bits per heavy atom. The van der Waals surface area contributed by atoms with E-state index in [-0.39, 0.29) is 35.3 Å². The summed E-state index contributed by atoms with van der Waals surface area (Å²) in [7, 11) is 0. The Morgan fingerprint density at radius 3 is 2.76 bits per heavy atom. The fraction of sp³-hybridized carbons (Fsp3) is 0.600. The molecule has 3 heterocycles. The van der Waals surface area contributed by atoms with E-state index in [4.69, 9.17) is 13.9 Å². The quantitative estimate of drug-likeness (QED) is 0.603. The summed E-state index contributed by atoms with van der Waals surface area (Å²) < 4.78 is 16.2. The predicted octanol–water partition coefficient (Wildman–Crippen LogP) is 3.81. The minimum absolute atomic E-state index is 0.0345. The van der Waals surface area contributed by atoms with Crippen LogP contribution in [0.2, 0.25) is 0 Å². The molecule has 3 aliphatic rings. The summed E-state index contributed by atoms with van der Waals surface area (Å²) in [5.74, 6) is -0.383. The standard InChI is InChI=1S/C20H24O5/c1-12-14(9-15(25-17(12)21)13-5-8-23-10-13)19(2)6-4-7-20(3)16(19)11-24-18(20)22/h5,8,10,14-16H,1,4,6-7,9,11H2,2-3H3/t14-,15-,16?,19+,20-/m0/s1. The Bertz CT molecular complexity index is 720. The first-order chi connectivity index (χ1) is 11.9. The Kier molecular flexibility index (Phi) is 3.60. The van der Waals surface area contributed by atoms with Crippen molar-refractivity contribution in [2.75, 3.05) is 6.61 Å². The van der Waals surface area contributed by atoms with Gasteiger partial charge in [-0.25, -0.2) is 4.79 Å². The van der Waals surface area contributed by atoms with Crippen LogP contribution in [0.1, 0.15) is 51.2 Å². The molecule has 2 aliphatic heterocycles. The van der Waals surface area contributed by atoms with E-state index in [1.165, 1.54) is 0 Å². The maximum absolute atomic E-state index is 12.5. The number of cyclic esters (lactones) is 2. The summed E-state index contributed by atoms with van der Waals surface area (Å²) in [4.78, 5) is 24.8. The fourth-order valence-corrected chi connectivity index (χ4v) is 5.35. The van der Waals surface area contributed by atoms with E-state index in [0.717, 1.165) is 24.8 Å². The van der Waals surface area contributed by atoms with Crippen LogP contribution in [0.25, 0.3) is 0 Å². The van der Waals surface area contributed by atoms with Gasteiger partial charge < -0.3 is 13.9 Å². The van der Waals surface area contributed by atoms with Crippen LogP contribution in [0, 0.1) is 22.7 Å². The fourth-order valence-electron chi connectivity index (χ4n) is 5.35. The molecule has 1 aromatic rings. The molecule has 5 heteroatoms. The molecule has 0 spiro atoms. The monoisotopic (exact) mass is 344 g/mol. The van der Waals surface area contributed by atoms with Gasteiger partial charge >= 0.3 is 11.9 Å². The second-order valence-corrected chi connectivity index (χ2v) is 8.19. The predicted molar refractivity (Wildman–Crippen MR) is 89.3 cm³/mol. The first-order valence-corrected chi connectivity index (χ1v) is 8.95. The van der Waals surface area contributed by atoms with Crippen molar-refractivity contribution in [2.24, 2.45) is 22.7 Å². The molecule has 1 saturated carbocycles. The average Bonchev–Trinajstić information content (AvgIpc) is 3.20. The lowest BCUT2D eigenvalue weighted by Gasteiger charge is -2.52. The second kappa shape index (κ2) is 5.48. The minimum atomic E-state index is -0.459. The maximum atomic E-state index is 12.5. The molecule has 5 atom stereocenters. The zero-order valence-electron chi connectivity index (χ0n) is 14.7. The Labute approximate surface area is 147 Å². The van der Waals surface area contributed by atoms with Gasteiger partial charge in [-0.15, -0.1) is 0 Å². The third-order valence-corrected chi connectivity index (χ3v) is 6.92. The number of rotatable bonds is 2. The average molecular weight is 344 g/mol. The number of hydrogen-bond acceptors (Lipinski definition) is 5. The summed E-state index contributed by atoms with van der Waals surface area (Å²) in [6.07, 6.45) is 6.31. The van der Waals surface area contributed by atoms with E-state index >= 15 is 0 Å². The lowest BCUT2D eigenvalue weighted by atomic mass is 9.51. The molecule has 4 rings (SSSR count). The van der Waals surface area contributed by atoms with E-state index < -0.39 is 5.41 Å². The summed E-state index contributed by atoms with van der Waals surface area (Å²) >= 11 is 0. The zero-order chi connectivity index (χ0) is 17.8. The van der Waals surface area contributed by atoms with Crippen molar-refractivity contribution in [3.8, 4) is 0 Å². The highest BCUT2D eigenvalue weighted by molar-refractivity contribution is 5.89. The van der Waals surface area contributed by atoms with Gasteiger partial charge in [-0.05, 0) is 37.7 Å². The Morgan fingerprint density at radius 2 is 2.04 bits per heavy atom. The van der Waals surface area contributed by atoms with Crippen molar-refractivity contribution in [3.63, 3.8) is 0 Å². The van der Waals surface area contributed by atoms with Crippen molar-refractivity contribution in [3.05, 3.63) is 36.3 Å². The van der Waals surface area contributed by atoms with Gasteiger partial charge in [0.1, 0.15) is 6.10 Å². The van der Waals surface area contributed by atoms with Crippen molar-refractivity contribution < 1.29 is 23.5 Å². The second-order valence-electron chi connectivity index (χ2n) is 8.19. The normalized spacial score (nSPS) is 41.2. The number of carbonyl (C=O) groups is 2. The number of hydrogen-bond donors (Lipinski definition) is 0. The molecule has 1 unspecified atom stereocenters. The molecule has 3 fully saturated rings. The van der Waals surface area contributed by atoms with Crippen molar-refractivity contribution in [1.82, 2.24) is 0 Å².